The van der Waals surface area contributed by atoms with Crippen molar-refractivity contribution in [3.8, 4) is 5.69 Å². The van der Waals surface area contributed by atoms with Crippen molar-refractivity contribution in [2.45, 2.75) is 19.8 Å². The smallest absolute Gasteiger partial charge is 0.303 e. The first-order valence-corrected chi connectivity index (χ1v) is 6.38. The molecule has 0 aliphatic heterocycles. The van der Waals surface area contributed by atoms with Crippen molar-refractivity contribution in [1.29, 1.82) is 0 Å². The van der Waals surface area contributed by atoms with E-state index < -0.39 is 5.97 Å². The van der Waals surface area contributed by atoms with Gasteiger partial charge in [-0.2, -0.15) is 5.10 Å². The molecule has 0 aliphatic rings. The summed E-state index contributed by atoms with van der Waals surface area (Å²) in [6.45, 7) is 1.89. The highest BCUT2D eigenvalue weighted by Gasteiger charge is 2.08. The zero-order valence-corrected chi connectivity index (χ0v) is 11.5. The maximum Gasteiger partial charge on any atom is 0.303 e. The minimum atomic E-state index is -0.787. The van der Waals surface area contributed by atoms with Crippen molar-refractivity contribution < 1.29 is 9.90 Å². The van der Waals surface area contributed by atoms with Crippen LogP contribution in [0.1, 0.15) is 17.7 Å². The van der Waals surface area contributed by atoms with Gasteiger partial charge in [-0.3, -0.25) is 4.79 Å². The third kappa shape index (κ3) is 2.98. The average molecular weight is 309 g/mol. The van der Waals surface area contributed by atoms with Crippen molar-refractivity contribution in [3.05, 3.63) is 46.2 Å². The average Bonchev–Trinajstić information content (AvgIpc) is 2.68. The summed E-state index contributed by atoms with van der Waals surface area (Å²) in [5.74, 6) is -0.787. The Labute approximate surface area is 113 Å². The van der Waals surface area contributed by atoms with Gasteiger partial charge in [0.25, 0.3) is 0 Å². The molecule has 2 rings (SSSR count). The summed E-state index contributed by atoms with van der Waals surface area (Å²) < 4.78 is 2.76. The van der Waals surface area contributed by atoms with Crippen molar-refractivity contribution >= 4 is 21.9 Å². The standard InChI is InChI=1S/C13H13BrN2O2/c1-9-10(5-6-13(17)18)8-16(15-9)12-4-2-3-11(14)7-12/h2-4,7-8H,5-6H2,1H3,(H,17,18). The summed E-state index contributed by atoms with van der Waals surface area (Å²) in [5, 5.41) is 13.1. The molecule has 0 amide bonds. The number of carbonyl (C=O) groups is 1. The molecule has 5 heteroatoms. The van der Waals surface area contributed by atoms with Crippen LogP contribution < -0.4 is 0 Å². The summed E-state index contributed by atoms with van der Waals surface area (Å²) in [5.41, 5.74) is 2.79. The number of rotatable bonds is 4. The Morgan fingerprint density at radius 3 is 2.94 bits per heavy atom. The molecule has 0 fully saturated rings. The molecule has 4 nitrogen and oxygen atoms in total. The quantitative estimate of drug-likeness (QED) is 0.944. The third-order valence-electron chi connectivity index (χ3n) is 2.68. The predicted molar refractivity (Wildman–Crippen MR) is 72.0 cm³/mol. The molecule has 0 atom stereocenters. The molecule has 2 aromatic rings. The molecule has 0 aliphatic carbocycles. The van der Waals surface area contributed by atoms with Gasteiger partial charge in [0.2, 0.25) is 0 Å². The monoisotopic (exact) mass is 308 g/mol. The van der Waals surface area contributed by atoms with E-state index in [4.69, 9.17) is 5.11 Å². The lowest BCUT2D eigenvalue weighted by Gasteiger charge is -2.00. The predicted octanol–water partition coefficient (Wildman–Crippen LogP) is 2.96. The molecule has 1 aromatic carbocycles. The normalized spacial score (nSPS) is 10.6. The molecule has 0 saturated heterocycles. The summed E-state index contributed by atoms with van der Waals surface area (Å²) in [6.07, 6.45) is 2.53. The Balaban J connectivity index is 2.25. The van der Waals surface area contributed by atoms with Gasteiger partial charge in [-0.15, -0.1) is 0 Å². The first-order valence-electron chi connectivity index (χ1n) is 5.59. The van der Waals surface area contributed by atoms with Gasteiger partial charge in [-0.1, -0.05) is 22.0 Å². The second-order valence-corrected chi connectivity index (χ2v) is 4.97. The summed E-state index contributed by atoms with van der Waals surface area (Å²) >= 11 is 3.42. The van der Waals surface area contributed by atoms with Crippen LogP contribution in [0.15, 0.2) is 34.9 Å². The van der Waals surface area contributed by atoms with E-state index in [1.165, 1.54) is 0 Å². The maximum absolute atomic E-state index is 10.6. The molecule has 1 aromatic heterocycles. The molecular formula is C13H13BrN2O2. The number of aryl methyl sites for hydroxylation is 2. The van der Waals surface area contributed by atoms with Crippen LogP contribution in [0.2, 0.25) is 0 Å². The third-order valence-corrected chi connectivity index (χ3v) is 3.17. The molecule has 18 heavy (non-hydrogen) atoms. The van der Waals surface area contributed by atoms with Gasteiger partial charge < -0.3 is 5.11 Å². The van der Waals surface area contributed by atoms with E-state index in [0.717, 1.165) is 21.4 Å². The van der Waals surface area contributed by atoms with Gasteiger partial charge in [-0.05, 0) is 37.1 Å². The molecule has 0 saturated carbocycles. The number of hydrogen-bond acceptors (Lipinski definition) is 2. The van der Waals surface area contributed by atoms with Crippen molar-refractivity contribution in [2.75, 3.05) is 0 Å². The number of aliphatic carboxylic acids is 1. The number of hydrogen-bond donors (Lipinski definition) is 1. The van der Waals surface area contributed by atoms with E-state index >= 15 is 0 Å². The van der Waals surface area contributed by atoms with E-state index in [1.807, 2.05) is 37.4 Å². The van der Waals surface area contributed by atoms with Gasteiger partial charge in [0.15, 0.2) is 0 Å². The number of benzene rings is 1. The van der Waals surface area contributed by atoms with Crippen LogP contribution >= 0.6 is 15.9 Å². The minimum Gasteiger partial charge on any atom is -0.481 e. The second kappa shape index (κ2) is 5.35. The van der Waals surface area contributed by atoms with E-state index in [0.29, 0.717) is 6.42 Å². The summed E-state index contributed by atoms with van der Waals surface area (Å²) in [7, 11) is 0. The van der Waals surface area contributed by atoms with E-state index in [9.17, 15) is 4.79 Å². The molecule has 1 heterocycles. The highest BCUT2D eigenvalue weighted by Crippen LogP contribution is 2.17. The highest BCUT2D eigenvalue weighted by atomic mass is 79.9. The molecule has 0 bridgehead atoms. The second-order valence-electron chi connectivity index (χ2n) is 4.06. The minimum absolute atomic E-state index is 0.130. The van der Waals surface area contributed by atoms with Crippen LogP contribution in [0.5, 0.6) is 0 Å². The van der Waals surface area contributed by atoms with Crippen LogP contribution in [0, 0.1) is 6.92 Å². The van der Waals surface area contributed by atoms with Crippen molar-refractivity contribution in [1.82, 2.24) is 9.78 Å². The number of halogens is 1. The number of aromatic nitrogens is 2. The first-order chi connectivity index (χ1) is 8.56. The Morgan fingerprint density at radius 1 is 1.50 bits per heavy atom. The zero-order valence-electron chi connectivity index (χ0n) is 9.93. The molecule has 0 spiro atoms. The Bertz CT molecular complexity index is 578. The van der Waals surface area contributed by atoms with E-state index in [-0.39, 0.29) is 6.42 Å². The van der Waals surface area contributed by atoms with Crippen LogP contribution in [0.3, 0.4) is 0 Å². The lowest BCUT2D eigenvalue weighted by Crippen LogP contribution is -1.97. The highest BCUT2D eigenvalue weighted by molar-refractivity contribution is 9.10. The van der Waals surface area contributed by atoms with Gasteiger partial charge in [0.1, 0.15) is 0 Å². The number of carboxylic acids is 1. The SMILES string of the molecule is Cc1nn(-c2cccc(Br)c2)cc1CCC(=O)O. The van der Waals surface area contributed by atoms with Crippen LogP contribution in [0.4, 0.5) is 0 Å². The fourth-order valence-electron chi connectivity index (χ4n) is 1.73. The Morgan fingerprint density at radius 2 is 2.28 bits per heavy atom. The van der Waals surface area contributed by atoms with Gasteiger partial charge in [-0.25, -0.2) is 4.68 Å². The molecule has 0 unspecified atom stereocenters. The zero-order chi connectivity index (χ0) is 13.1. The fourth-order valence-corrected chi connectivity index (χ4v) is 2.12. The lowest BCUT2D eigenvalue weighted by atomic mass is 10.1. The Hall–Kier alpha value is -1.62. The molecule has 0 radical (unpaired) electrons. The first kappa shape index (κ1) is 12.8. The van der Waals surface area contributed by atoms with Crippen molar-refractivity contribution in [2.24, 2.45) is 0 Å². The number of nitrogens with zero attached hydrogens (tertiary/aromatic N) is 2. The maximum atomic E-state index is 10.6. The molecular weight excluding hydrogens is 296 g/mol. The van der Waals surface area contributed by atoms with Gasteiger partial charge in [0.05, 0.1) is 11.4 Å². The van der Waals surface area contributed by atoms with E-state index in [2.05, 4.69) is 21.0 Å². The van der Waals surface area contributed by atoms with Crippen LogP contribution in [0.25, 0.3) is 5.69 Å². The van der Waals surface area contributed by atoms with Crippen molar-refractivity contribution in [3.63, 3.8) is 0 Å². The summed E-state index contributed by atoms with van der Waals surface area (Å²) in [4.78, 5) is 10.6. The number of carboxylic acid groups (broad SMARTS) is 1. The Kier molecular flexibility index (Phi) is 3.81. The van der Waals surface area contributed by atoms with Gasteiger partial charge >= 0.3 is 5.97 Å². The lowest BCUT2D eigenvalue weighted by molar-refractivity contribution is -0.136. The summed E-state index contributed by atoms with van der Waals surface area (Å²) in [6, 6.07) is 7.81. The van der Waals surface area contributed by atoms with Gasteiger partial charge in [0, 0.05) is 17.1 Å². The largest absolute Gasteiger partial charge is 0.481 e. The topological polar surface area (TPSA) is 55.1 Å². The molecule has 1 N–H and O–H groups in total. The van der Waals surface area contributed by atoms with Crippen LogP contribution in [-0.2, 0) is 11.2 Å². The van der Waals surface area contributed by atoms with Crippen LogP contribution in [-0.4, -0.2) is 20.9 Å². The fraction of sp³-hybridized carbons (Fsp3) is 0.231. The molecule has 94 valence electrons. The van der Waals surface area contributed by atoms with E-state index in [1.54, 1.807) is 4.68 Å².